The van der Waals surface area contributed by atoms with Gasteiger partial charge in [0.2, 0.25) is 6.23 Å². The number of carbonyl (C=O) groups excluding carboxylic acids is 2. The number of hydrogen-bond acceptors (Lipinski definition) is 8. The summed E-state index contributed by atoms with van der Waals surface area (Å²) in [6, 6.07) is 1.10. The first kappa shape index (κ1) is 39.7. The molecule has 1 fully saturated rings. The molecule has 1 saturated heterocycles. The van der Waals surface area contributed by atoms with E-state index in [4.69, 9.17) is 14.6 Å². The molecule has 46 heavy (non-hydrogen) atoms. The number of ketones is 1. The lowest BCUT2D eigenvalue weighted by Crippen LogP contribution is -2.41. The maximum Gasteiger partial charge on any atom is 0.412 e. The van der Waals surface area contributed by atoms with Crippen LogP contribution in [0.3, 0.4) is 0 Å². The lowest BCUT2D eigenvalue weighted by Gasteiger charge is -2.21. The molecule has 1 aromatic heterocycles. The molecule has 0 aromatic carbocycles. The van der Waals surface area contributed by atoms with E-state index in [-0.39, 0.29) is 24.6 Å². The zero-order chi connectivity index (χ0) is 34.3. The van der Waals surface area contributed by atoms with Gasteiger partial charge in [-0.2, -0.15) is 13.8 Å². The van der Waals surface area contributed by atoms with Gasteiger partial charge in [0, 0.05) is 19.0 Å². The highest BCUT2D eigenvalue weighted by atomic mass is 19.3. The Morgan fingerprint density at radius 3 is 2.04 bits per heavy atom. The van der Waals surface area contributed by atoms with Gasteiger partial charge in [-0.25, -0.2) is 9.59 Å². The van der Waals surface area contributed by atoms with E-state index in [1.165, 1.54) is 51.4 Å². The fraction of sp³-hybridized carbons (Fsp3) is 0.824. The molecule has 0 saturated carbocycles. The molecule has 10 nitrogen and oxygen atoms in total. The zero-order valence-corrected chi connectivity index (χ0v) is 28.4. The highest BCUT2D eigenvalue weighted by Crippen LogP contribution is 2.42. The molecule has 264 valence electrons. The van der Waals surface area contributed by atoms with Gasteiger partial charge in [0.15, 0.2) is 6.10 Å². The van der Waals surface area contributed by atoms with Crippen LogP contribution in [0.4, 0.5) is 19.4 Å². The fourth-order valence-corrected chi connectivity index (χ4v) is 5.82. The van der Waals surface area contributed by atoms with Crippen LogP contribution in [0.1, 0.15) is 124 Å². The van der Waals surface area contributed by atoms with E-state index in [1.54, 1.807) is 0 Å². The lowest BCUT2D eigenvalue weighted by molar-refractivity contribution is -0.140. The second kappa shape index (κ2) is 20.0. The number of Topliss-reactive ketones (excluding diaryl/α,β-unsaturated/α-hetero) is 1. The molecular formula is C34H57F2N3O7. The van der Waals surface area contributed by atoms with Crippen molar-refractivity contribution in [3.05, 3.63) is 22.7 Å². The fourth-order valence-electron chi connectivity index (χ4n) is 5.82. The summed E-state index contributed by atoms with van der Waals surface area (Å²) in [7, 11) is 0. The maximum atomic E-state index is 14.3. The molecule has 1 aliphatic rings. The van der Waals surface area contributed by atoms with Crippen molar-refractivity contribution in [1.82, 2.24) is 9.55 Å². The van der Waals surface area contributed by atoms with Crippen LogP contribution in [0.2, 0.25) is 0 Å². The Morgan fingerprint density at radius 2 is 1.52 bits per heavy atom. The minimum atomic E-state index is -3.84. The van der Waals surface area contributed by atoms with Crippen molar-refractivity contribution in [2.45, 2.75) is 142 Å². The summed E-state index contributed by atoms with van der Waals surface area (Å²) in [5.41, 5.74) is -1.16. The van der Waals surface area contributed by atoms with Gasteiger partial charge in [-0.3, -0.25) is 14.7 Å². The Hall–Kier alpha value is -2.44. The van der Waals surface area contributed by atoms with Gasteiger partial charge in [-0.15, -0.1) is 0 Å². The number of rotatable bonds is 22. The molecule has 1 aliphatic heterocycles. The summed E-state index contributed by atoms with van der Waals surface area (Å²) in [5.74, 6) is -1.11. The molecule has 0 radical (unpaired) electrons. The lowest BCUT2D eigenvalue weighted by atomic mass is 9.90. The third-order valence-electron chi connectivity index (χ3n) is 8.89. The molecule has 12 heteroatoms. The summed E-state index contributed by atoms with van der Waals surface area (Å²) >= 11 is 0. The molecule has 2 heterocycles. The number of nitrogens with one attached hydrogen (secondary N) is 1. The van der Waals surface area contributed by atoms with Crippen LogP contribution in [-0.2, 0) is 14.3 Å². The first-order valence-electron chi connectivity index (χ1n) is 17.1. The van der Waals surface area contributed by atoms with Crippen molar-refractivity contribution in [3.63, 3.8) is 0 Å². The largest absolute Gasteiger partial charge is 0.449 e. The summed E-state index contributed by atoms with van der Waals surface area (Å²) < 4.78 is 39.1. The molecule has 1 amide bonds. The van der Waals surface area contributed by atoms with Gasteiger partial charge >= 0.3 is 17.7 Å². The zero-order valence-electron chi connectivity index (χ0n) is 28.4. The molecule has 0 bridgehead atoms. The maximum absolute atomic E-state index is 14.3. The van der Waals surface area contributed by atoms with Crippen molar-refractivity contribution in [2.24, 2.45) is 23.7 Å². The number of anilines is 1. The van der Waals surface area contributed by atoms with E-state index >= 15 is 0 Å². The number of amides is 1. The van der Waals surface area contributed by atoms with Gasteiger partial charge < -0.3 is 19.7 Å². The van der Waals surface area contributed by atoms with Crippen molar-refractivity contribution in [2.75, 3.05) is 18.5 Å². The highest BCUT2D eigenvalue weighted by Gasteiger charge is 2.59. The predicted molar refractivity (Wildman–Crippen MR) is 173 cm³/mol. The minimum Gasteiger partial charge on any atom is -0.449 e. The molecular weight excluding hydrogens is 600 g/mol. The second-order valence-electron chi connectivity index (χ2n) is 13.8. The molecule has 4 unspecified atom stereocenters. The topological polar surface area (TPSA) is 140 Å². The highest BCUT2D eigenvalue weighted by molar-refractivity contribution is 5.83. The van der Waals surface area contributed by atoms with Gasteiger partial charge in [0.05, 0.1) is 13.2 Å². The summed E-state index contributed by atoms with van der Waals surface area (Å²) in [5, 5.41) is 21.0. The number of aliphatic hydroxyl groups excluding tert-OH is 2. The van der Waals surface area contributed by atoms with Gasteiger partial charge in [0.1, 0.15) is 17.7 Å². The van der Waals surface area contributed by atoms with Crippen LogP contribution in [0.5, 0.6) is 0 Å². The number of halogens is 2. The Bertz CT molecular complexity index is 1120. The van der Waals surface area contributed by atoms with Crippen LogP contribution >= 0.6 is 0 Å². The third kappa shape index (κ3) is 13.7. The first-order valence-corrected chi connectivity index (χ1v) is 17.1. The SMILES string of the molecule is CC(C)CCCC(C)CCCC(C)CCCC(C)CCC(=O)CCCOC(=O)Nc1ccn([C@@H]2O[C@H](CO)C(O)C2(F)F)c(=O)n1. The average Bonchev–Trinajstić information content (AvgIpc) is 3.21. The monoisotopic (exact) mass is 657 g/mol. The van der Waals surface area contributed by atoms with E-state index in [0.29, 0.717) is 23.3 Å². The molecule has 6 atom stereocenters. The van der Waals surface area contributed by atoms with E-state index in [1.807, 2.05) is 0 Å². The van der Waals surface area contributed by atoms with E-state index in [9.17, 15) is 28.3 Å². The first-order chi connectivity index (χ1) is 21.7. The van der Waals surface area contributed by atoms with Crippen LogP contribution in [-0.4, -0.2) is 63.0 Å². The predicted octanol–water partition coefficient (Wildman–Crippen LogP) is 6.88. The minimum absolute atomic E-state index is 0.0125. The van der Waals surface area contributed by atoms with Crippen LogP contribution < -0.4 is 11.0 Å². The van der Waals surface area contributed by atoms with Crippen LogP contribution in [0.25, 0.3) is 0 Å². The number of aliphatic hydroxyl groups is 2. The van der Waals surface area contributed by atoms with Crippen LogP contribution in [0, 0.1) is 23.7 Å². The third-order valence-corrected chi connectivity index (χ3v) is 8.89. The number of alkyl halides is 2. The van der Waals surface area contributed by atoms with E-state index in [2.05, 4.69) is 44.9 Å². The van der Waals surface area contributed by atoms with Crippen molar-refractivity contribution in [3.8, 4) is 0 Å². The average molecular weight is 658 g/mol. The summed E-state index contributed by atoms with van der Waals surface area (Å²) in [6.45, 7) is 10.6. The van der Waals surface area contributed by atoms with Crippen molar-refractivity contribution >= 4 is 17.7 Å². The summed E-state index contributed by atoms with van der Waals surface area (Å²) in [4.78, 5) is 40.2. The molecule has 0 aliphatic carbocycles. The molecule has 3 N–H and O–H groups in total. The normalized spacial score (nSPS) is 21.2. The molecule has 2 rings (SSSR count). The Labute approximate surface area is 272 Å². The van der Waals surface area contributed by atoms with Crippen LogP contribution in [0.15, 0.2) is 17.1 Å². The Balaban J connectivity index is 1.56. The number of nitrogens with zero attached hydrogens (tertiary/aromatic N) is 2. The quantitative estimate of drug-likeness (QED) is 0.115. The molecule has 1 aromatic rings. The smallest absolute Gasteiger partial charge is 0.412 e. The summed E-state index contributed by atoms with van der Waals surface area (Å²) in [6.07, 6.45) is 7.46. The Kier molecular flexibility index (Phi) is 17.3. The van der Waals surface area contributed by atoms with Gasteiger partial charge in [-0.05, 0) is 42.6 Å². The number of ether oxygens (including phenoxy) is 2. The van der Waals surface area contributed by atoms with Gasteiger partial charge in [0.25, 0.3) is 0 Å². The number of carbonyl (C=O) groups is 2. The molecule has 0 spiro atoms. The van der Waals surface area contributed by atoms with E-state index < -0.39 is 42.7 Å². The second-order valence-corrected chi connectivity index (χ2v) is 13.8. The van der Waals surface area contributed by atoms with Crippen molar-refractivity contribution < 1.29 is 38.1 Å². The Morgan fingerprint density at radius 1 is 0.957 bits per heavy atom. The van der Waals surface area contributed by atoms with Crippen molar-refractivity contribution in [1.29, 1.82) is 0 Å². The van der Waals surface area contributed by atoms with E-state index in [0.717, 1.165) is 42.9 Å². The standard InChI is InChI=1S/C34H57F2N3O7/c1-23(2)10-6-11-24(3)12-7-13-25(4)14-8-15-26(5)17-18-27(41)16-9-21-45-33(44)38-29-19-20-39(32(43)37-29)31-34(35,36)30(42)28(22-40)46-31/h19-20,23-26,28,30-31,40,42H,6-18,21-22H2,1-5H3,(H,37,38,43,44)/t24?,25?,26?,28-,30?,31-/m1/s1. The van der Waals surface area contributed by atoms with Gasteiger partial charge in [-0.1, -0.05) is 92.4 Å². The number of hydrogen-bond donors (Lipinski definition) is 3. The number of aromatic nitrogens is 2.